The Morgan fingerprint density at radius 3 is 2.67 bits per heavy atom. The van der Waals surface area contributed by atoms with E-state index in [-0.39, 0.29) is 5.02 Å². The average molecular weight is 473 g/mol. The lowest BCUT2D eigenvalue weighted by molar-refractivity contribution is -0.139. The zero-order valence-corrected chi connectivity index (χ0v) is 19.2. The molecule has 0 unspecified atom stereocenters. The van der Waals surface area contributed by atoms with Crippen LogP contribution in [0.15, 0.2) is 36.7 Å². The second kappa shape index (κ2) is 9.29. The van der Waals surface area contributed by atoms with E-state index in [0.29, 0.717) is 40.5 Å². The molecule has 0 radical (unpaired) electrons. The van der Waals surface area contributed by atoms with E-state index in [9.17, 15) is 4.39 Å². The number of methoxy groups -OCH3 is 1. The second-order valence-corrected chi connectivity index (χ2v) is 9.09. The highest BCUT2D eigenvalue weighted by molar-refractivity contribution is 6.31. The minimum Gasteiger partial charge on any atom is -0.493 e. The van der Waals surface area contributed by atoms with E-state index in [4.69, 9.17) is 25.8 Å². The predicted octanol–water partition coefficient (Wildman–Crippen LogP) is 4.67. The summed E-state index contributed by atoms with van der Waals surface area (Å²) in [7, 11) is 1.61. The summed E-state index contributed by atoms with van der Waals surface area (Å²) in [4.78, 5) is 11.1. The highest BCUT2D eigenvalue weighted by Gasteiger charge is 2.40. The number of nitrogens with one attached hydrogen (secondary N) is 1. The number of halogens is 2. The Morgan fingerprint density at radius 2 is 1.97 bits per heavy atom. The zero-order chi connectivity index (χ0) is 22.8. The number of anilines is 2. The van der Waals surface area contributed by atoms with Gasteiger partial charge in [0.15, 0.2) is 11.5 Å². The molecule has 1 N–H and O–H groups in total. The summed E-state index contributed by atoms with van der Waals surface area (Å²) in [6, 6.07) is 8.14. The number of piperidine rings is 1. The van der Waals surface area contributed by atoms with E-state index in [1.54, 1.807) is 13.2 Å². The number of likely N-dealkylation sites (tertiary alicyclic amines) is 1. The molecule has 2 aliphatic rings. The summed E-state index contributed by atoms with van der Waals surface area (Å²) < 4.78 is 30.6. The summed E-state index contributed by atoms with van der Waals surface area (Å²) in [6.07, 6.45) is 3.84. The molecule has 2 fully saturated rings. The van der Waals surface area contributed by atoms with Crippen LogP contribution in [-0.4, -0.2) is 61.4 Å². The highest BCUT2D eigenvalue weighted by Crippen LogP contribution is 2.38. The molecule has 174 valence electrons. The molecular weight excluding hydrogens is 447 g/mol. The Morgan fingerprint density at radius 1 is 1.15 bits per heavy atom. The number of aromatic nitrogens is 2. The molecule has 0 amide bonds. The maximum atomic E-state index is 13.5. The first-order valence-corrected chi connectivity index (χ1v) is 11.4. The van der Waals surface area contributed by atoms with Gasteiger partial charge in [-0.25, -0.2) is 14.4 Å². The van der Waals surface area contributed by atoms with Crippen LogP contribution in [0.1, 0.15) is 12.8 Å². The Balaban J connectivity index is 1.30. The van der Waals surface area contributed by atoms with Crippen molar-refractivity contribution in [1.29, 1.82) is 0 Å². The van der Waals surface area contributed by atoms with Crippen molar-refractivity contribution in [3.05, 3.63) is 47.5 Å². The van der Waals surface area contributed by atoms with Gasteiger partial charge in [-0.15, -0.1) is 0 Å². The number of fused-ring (bicyclic) bond motifs is 1. The monoisotopic (exact) mass is 472 g/mol. The fourth-order valence-electron chi connectivity index (χ4n) is 4.36. The van der Waals surface area contributed by atoms with Crippen LogP contribution in [0.5, 0.6) is 11.5 Å². The van der Waals surface area contributed by atoms with E-state index in [2.05, 4.69) is 20.2 Å². The van der Waals surface area contributed by atoms with Gasteiger partial charge in [0.1, 0.15) is 24.6 Å². The molecule has 5 rings (SSSR count). The third kappa shape index (κ3) is 4.69. The molecule has 33 heavy (non-hydrogen) atoms. The molecule has 1 spiro atoms. The molecule has 3 heterocycles. The minimum absolute atomic E-state index is 0.0394. The first kappa shape index (κ1) is 22.1. The van der Waals surface area contributed by atoms with Crippen LogP contribution in [0.3, 0.4) is 0 Å². The first-order valence-electron chi connectivity index (χ1n) is 11.0. The van der Waals surface area contributed by atoms with Gasteiger partial charge in [-0.3, -0.25) is 4.90 Å². The van der Waals surface area contributed by atoms with Gasteiger partial charge in [0.05, 0.1) is 30.9 Å². The molecular formula is C24H26ClFN4O3. The molecule has 3 aromatic rings. The molecule has 0 aliphatic carbocycles. The largest absolute Gasteiger partial charge is 0.493 e. The highest BCUT2D eigenvalue weighted by atomic mass is 35.5. The quantitative estimate of drug-likeness (QED) is 0.536. The van der Waals surface area contributed by atoms with Crippen LogP contribution in [0.25, 0.3) is 10.9 Å². The normalized spacial score (nSPS) is 17.7. The standard InChI is InChI=1S/C24H26ClFN4O3/c1-31-21-12-20-17(23(28-15-27-20)29-16-2-3-19(26)18(25)10-16)11-22(21)33-9-8-30-6-4-24(5-7-30)13-32-14-24/h2-3,10-12,15H,4-9,13-14H2,1H3,(H,27,28,29). The van der Waals surface area contributed by atoms with E-state index in [1.165, 1.54) is 31.3 Å². The average Bonchev–Trinajstić information content (AvgIpc) is 2.81. The van der Waals surface area contributed by atoms with Gasteiger partial charge in [0.2, 0.25) is 0 Å². The number of benzene rings is 2. The lowest BCUT2D eigenvalue weighted by Crippen LogP contribution is -2.51. The number of rotatable bonds is 7. The van der Waals surface area contributed by atoms with Crippen LogP contribution < -0.4 is 14.8 Å². The van der Waals surface area contributed by atoms with Gasteiger partial charge in [0.25, 0.3) is 0 Å². The summed E-state index contributed by atoms with van der Waals surface area (Å²) in [5, 5.41) is 3.99. The Kier molecular flexibility index (Phi) is 6.23. The van der Waals surface area contributed by atoms with E-state index in [0.717, 1.165) is 38.2 Å². The molecule has 1 aromatic heterocycles. The number of hydrogen-bond acceptors (Lipinski definition) is 7. The van der Waals surface area contributed by atoms with Crippen molar-refractivity contribution in [3.63, 3.8) is 0 Å². The lowest BCUT2D eigenvalue weighted by Gasteiger charge is -2.47. The van der Waals surface area contributed by atoms with Crippen molar-refractivity contribution < 1.29 is 18.6 Å². The molecule has 7 nitrogen and oxygen atoms in total. The third-order valence-electron chi connectivity index (χ3n) is 6.50. The van der Waals surface area contributed by atoms with Crippen LogP contribution in [-0.2, 0) is 4.74 Å². The molecule has 2 aromatic carbocycles. The number of nitrogens with zero attached hydrogens (tertiary/aromatic N) is 3. The van der Waals surface area contributed by atoms with Gasteiger partial charge in [-0.1, -0.05) is 11.6 Å². The number of ether oxygens (including phenoxy) is 3. The SMILES string of the molecule is COc1cc2ncnc(Nc3ccc(F)c(Cl)c3)c2cc1OCCN1CCC2(CC1)COC2. The Bertz CT molecular complexity index is 1150. The number of hydrogen-bond donors (Lipinski definition) is 1. The maximum Gasteiger partial charge on any atom is 0.162 e. The van der Waals surface area contributed by atoms with Gasteiger partial charge in [-0.2, -0.15) is 0 Å². The molecule has 2 aliphatic heterocycles. The van der Waals surface area contributed by atoms with Crippen molar-refractivity contribution in [2.75, 3.05) is 51.9 Å². The van der Waals surface area contributed by atoms with Crippen molar-refractivity contribution >= 4 is 34.0 Å². The van der Waals surface area contributed by atoms with Gasteiger partial charge in [-0.05, 0) is 50.2 Å². The molecule has 0 bridgehead atoms. The van der Waals surface area contributed by atoms with Gasteiger partial charge < -0.3 is 19.5 Å². The van der Waals surface area contributed by atoms with Crippen LogP contribution >= 0.6 is 11.6 Å². The van der Waals surface area contributed by atoms with E-state index >= 15 is 0 Å². The topological polar surface area (TPSA) is 68.7 Å². The predicted molar refractivity (Wildman–Crippen MR) is 125 cm³/mol. The summed E-state index contributed by atoms with van der Waals surface area (Å²) in [5.74, 6) is 1.33. The first-order chi connectivity index (χ1) is 16.0. The molecule has 0 atom stereocenters. The van der Waals surface area contributed by atoms with Gasteiger partial charge >= 0.3 is 0 Å². The fourth-order valence-corrected chi connectivity index (χ4v) is 4.54. The van der Waals surface area contributed by atoms with Gasteiger partial charge in [0, 0.05) is 29.1 Å². The maximum absolute atomic E-state index is 13.5. The third-order valence-corrected chi connectivity index (χ3v) is 6.79. The van der Waals surface area contributed by atoms with E-state index < -0.39 is 5.82 Å². The summed E-state index contributed by atoms with van der Waals surface area (Å²) in [5.41, 5.74) is 1.75. The summed E-state index contributed by atoms with van der Waals surface area (Å²) >= 11 is 5.92. The second-order valence-electron chi connectivity index (χ2n) is 8.68. The van der Waals surface area contributed by atoms with Crippen molar-refractivity contribution in [3.8, 4) is 11.5 Å². The van der Waals surface area contributed by atoms with E-state index in [1.807, 2.05) is 12.1 Å². The van der Waals surface area contributed by atoms with Crippen molar-refractivity contribution in [2.24, 2.45) is 5.41 Å². The van der Waals surface area contributed by atoms with Crippen LogP contribution in [0, 0.1) is 11.2 Å². The van der Waals surface area contributed by atoms with Crippen molar-refractivity contribution in [2.45, 2.75) is 12.8 Å². The Hall–Kier alpha value is -2.68. The fraction of sp³-hybridized carbons (Fsp3) is 0.417. The lowest BCUT2D eigenvalue weighted by atomic mass is 9.77. The van der Waals surface area contributed by atoms with Crippen molar-refractivity contribution in [1.82, 2.24) is 14.9 Å². The Labute approximate surface area is 196 Å². The van der Waals surface area contributed by atoms with Crippen LogP contribution in [0.4, 0.5) is 15.9 Å². The molecule has 2 saturated heterocycles. The minimum atomic E-state index is -0.472. The van der Waals surface area contributed by atoms with Crippen LogP contribution in [0.2, 0.25) is 5.02 Å². The molecule has 9 heteroatoms. The zero-order valence-electron chi connectivity index (χ0n) is 18.4. The summed E-state index contributed by atoms with van der Waals surface area (Å²) in [6.45, 7) is 5.37. The molecule has 0 saturated carbocycles. The smallest absolute Gasteiger partial charge is 0.162 e.